The van der Waals surface area contributed by atoms with E-state index in [1.54, 1.807) is 12.4 Å². The third kappa shape index (κ3) is 6.77. The van der Waals surface area contributed by atoms with Crippen LogP contribution in [0.25, 0.3) is 0 Å². The Hall–Kier alpha value is -3.67. The van der Waals surface area contributed by atoms with Gasteiger partial charge in [-0.3, -0.25) is 9.78 Å². The lowest BCUT2D eigenvalue weighted by molar-refractivity contribution is -0.123. The Bertz CT molecular complexity index is 902. The molecule has 0 saturated heterocycles. The van der Waals surface area contributed by atoms with Crippen LogP contribution in [0.2, 0.25) is 0 Å². The summed E-state index contributed by atoms with van der Waals surface area (Å²) in [4.78, 5) is 29.0. The van der Waals surface area contributed by atoms with Gasteiger partial charge in [-0.25, -0.2) is 4.79 Å². The normalized spacial score (nSPS) is 11.3. The van der Waals surface area contributed by atoms with E-state index >= 15 is 0 Å². The molecule has 1 unspecified atom stereocenters. The van der Waals surface area contributed by atoms with Crippen molar-refractivity contribution in [1.29, 1.82) is 0 Å². The Labute approximate surface area is 169 Å². The van der Waals surface area contributed by atoms with E-state index in [0.29, 0.717) is 13.0 Å². The van der Waals surface area contributed by atoms with Crippen molar-refractivity contribution in [3.8, 4) is 0 Å². The predicted octanol–water partition coefficient (Wildman–Crippen LogP) is 3.24. The fourth-order valence-electron chi connectivity index (χ4n) is 2.78. The summed E-state index contributed by atoms with van der Waals surface area (Å²) in [5, 5.41) is 5.55. The monoisotopic (exact) mass is 389 g/mol. The van der Waals surface area contributed by atoms with Crippen molar-refractivity contribution in [3.63, 3.8) is 0 Å². The smallest absolute Gasteiger partial charge is 0.408 e. The van der Waals surface area contributed by atoms with E-state index < -0.39 is 12.1 Å². The van der Waals surface area contributed by atoms with Crippen molar-refractivity contribution in [2.24, 2.45) is 0 Å². The minimum atomic E-state index is -0.748. The number of hydrogen-bond donors (Lipinski definition) is 2. The fraction of sp³-hybridized carbons (Fsp3) is 0.174. The molecule has 0 aliphatic heterocycles. The summed E-state index contributed by atoms with van der Waals surface area (Å²) < 4.78 is 5.27. The van der Waals surface area contributed by atoms with Crippen molar-refractivity contribution in [2.45, 2.75) is 25.6 Å². The summed E-state index contributed by atoms with van der Waals surface area (Å²) >= 11 is 0. The van der Waals surface area contributed by atoms with Crippen LogP contribution in [0.3, 0.4) is 0 Å². The second kappa shape index (κ2) is 10.6. The molecule has 1 atom stereocenters. The molecule has 148 valence electrons. The molecule has 0 spiro atoms. The molecule has 0 saturated carbocycles. The summed E-state index contributed by atoms with van der Waals surface area (Å²) in [5.41, 5.74) is 2.75. The molecule has 2 amide bonds. The van der Waals surface area contributed by atoms with Gasteiger partial charge in [0.1, 0.15) is 12.6 Å². The summed E-state index contributed by atoms with van der Waals surface area (Å²) in [7, 11) is 0. The van der Waals surface area contributed by atoms with E-state index in [0.717, 1.165) is 16.7 Å². The maximum Gasteiger partial charge on any atom is 0.408 e. The highest BCUT2D eigenvalue weighted by atomic mass is 16.5. The van der Waals surface area contributed by atoms with Crippen LogP contribution >= 0.6 is 0 Å². The Morgan fingerprint density at radius 3 is 2.10 bits per heavy atom. The minimum Gasteiger partial charge on any atom is -0.445 e. The first kappa shape index (κ1) is 20.1. The van der Waals surface area contributed by atoms with Gasteiger partial charge in [0.2, 0.25) is 5.91 Å². The van der Waals surface area contributed by atoms with Crippen LogP contribution < -0.4 is 10.6 Å². The van der Waals surface area contributed by atoms with Gasteiger partial charge in [0.25, 0.3) is 0 Å². The Morgan fingerprint density at radius 1 is 0.828 bits per heavy atom. The number of aromatic nitrogens is 1. The zero-order chi connectivity index (χ0) is 20.3. The highest BCUT2D eigenvalue weighted by Crippen LogP contribution is 2.06. The number of hydrogen-bond acceptors (Lipinski definition) is 4. The summed E-state index contributed by atoms with van der Waals surface area (Å²) in [6.45, 7) is 0.497. The second-order valence-corrected chi connectivity index (χ2v) is 6.52. The molecule has 0 bridgehead atoms. The van der Waals surface area contributed by atoms with Gasteiger partial charge in [-0.2, -0.15) is 0 Å². The zero-order valence-electron chi connectivity index (χ0n) is 16.0. The topological polar surface area (TPSA) is 80.3 Å². The van der Waals surface area contributed by atoms with E-state index in [-0.39, 0.29) is 12.5 Å². The lowest BCUT2D eigenvalue weighted by Gasteiger charge is -2.18. The average Bonchev–Trinajstić information content (AvgIpc) is 2.78. The van der Waals surface area contributed by atoms with Crippen LogP contribution in [-0.4, -0.2) is 23.0 Å². The van der Waals surface area contributed by atoms with Crippen molar-refractivity contribution < 1.29 is 14.3 Å². The van der Waals surface area contributed by atoms with Gasteiger partial charge in [-0.05, 0) is 28.8 Å². The molecule has 0 aliphatic rings. The number of carbonyl (C=O) groups is 2. The molecule has 29 heavy (non-hydrogen) atoms. The van der Waals surface area contributed by atoms with Gasteiger partial charge >= 0.3 is 6.09 Å². The maximum absolute atomic E-state index is 12.7. The van der Waals surface area contributed by atoms with Crippen LogP contribution in [0, 0.1) is 0 Å². The van der Waals surface area contributed by atoms with E-state index in [1.807, 2.05) is 72.8 Å². The van der Waals surface area contributed by atoms with E-state index in [4.69, 9.17) is 4.74 Å². The number of nitrogens with zero attached hydrogens (tertiary/aromatic N) is 1. The van der Waals surface area contributed by atoms with Crippen LogP contribution in [0.1, 0.15) is 16.7 Å². The third-order valence-electron chi connectivity index (χ3n) is 4.32. The SMILES string of the molecule is O=C(NC(Cc1ccccc1)C(=O)NCc1ccncc1)OCc1ccccc1. The van der Waals surface area contributed by atoms with Gasteiger partial charge in [-0.1, -0.05) is 60.7 Å². The Morgan fingerprint density at radius 2 is 1.45 bits per heavy atom. The first-order valence-electron chi connectivity index (χ1n) is 9.38. The van der Waals surface area contributed by atoms with Crippen molar-refractivity contribution in [2.75, 3.05) is 0 Å². The highest BCUT2D eigenvalue weighted by molar-refractivity contribution is 5.85. The summed E-state index contributed by atoms with van der Waals surface area (Å²) in [6, 6.07) is 21.8. The number of benzene rings is 2. The third-order valence-corrected chi connectivity index (χ3v) is 4.32. The number of amides is 2. The van der Waals surface area contributed by atoms with Crippen LogP contribution in [0.4, 0.5) is 4.79 Å². The van der Waals surface area contributed by atoms with E-state index in [9.17, 15) is 9.59 Å². The first-order chi connectivity index (χ1) is 14.2. The maximum atomic E-state index is 12.7. The number of rotatable bonds is 8. The highest BCUT2D eigenvalue weighted by Gasteiger charge is 2.22. The van der Waals surface area contributed by atoms with Crippen molar-refractivity contribution in [3.05, 3.63) is 102 Å². The molecule has 0 radical (unpaired) electrons. The molecular formula is C23H23N3O3. The Kier molecular flexibility index (Phi) is 7.34. The van der Waals surface area contributed by atoms with Crippen LogP contribution in [0.15, 0.2) is 85.2 Å². The van der Waals surface area contributed by atoms with Crippen LogP contribution in [0.5, 0.6) is 0 Å². The molecule has 2 N–H and O–H groups in total. The molecule has 2 aromatic carbocycles. The molecule has 6 nitrogen and oxygen atoms in total. The predicted molar refractivity (Wildman–Crippen MR) is 110 cm³/mol. The molecular weight excluding hydrogens is 366 g/mol. The number of pyridine rings is 1. The lowest BCUT2D eigenvalue weighted by atomic mass is 10.1. The quantitative estimate of drug-likeness (QED) is 0.620. The van der Waals surface area contributed by atoms with Gasteiger partial charge in [-0.15, -0.1) is 0 Å². The number of nitrogens with one attached hydrogen (secondary N) is 2. The average molecular weight is 389 g/mol. The van der Waals surface area contributed by atoms with Gasteiger partial charge in [0, 0.05) is 25.4 Å². The van der Waals surface area contributed by atoms with E-state index in [1.165, 1.54) is 0 Å². The molecule has 6 heteroatoms. The molecule has 3 rings (SSSR count). The van der Waals surface area contributed by atoms with Gasteiger partial charge in [0.05, 0.1) is 0 Å². The van der Waals surface area contributed by atoms with Crippen molar-refractivity contribution >= 4 is 12.0 Å². The van der Waals surface area contributed by atoms with Crippen LogP contribution in [-0.2, 0) is 29.1 Å². The summed E-state index contributed by atoms with van der Waals surface area (Å²) in [5.74, 6) is -0.276. The zero-order valence-corrected chi connectivity index (χ0v) is 16.0. The molecule has 0 aliphatic carbocycles. The summed E-state index contributed by atoms with van der Waals surface area (Å²) in [6.07, 6.45) is 3.07. The number of alkyl carbamates (subject to hydrolysis) is 1. The van der Waals surface area contributed by atoms with E-state index in [2.05, 4.69) is 15.6 Å². The molecule has 1 heterocycles. The minimum absolute atomic E-state index is 0.142. The molecule has 3 aromatic rings. The van der Waals surface area contributed by atoms with Crippen molar-refractivity contribution in [1.82, 2.24) is 15.6 Å². The first-order valence-corrected chi connectivity index (χ1v) is 9.38. The number of carbonyl (C=O) groups excluding carboxylic acids is 2. The lowest BCUT2D eigenvalue weighted by Crippen LogP contribution is -2.48. The van der Waals surface area contributed by atoms with Gasteiger partial charge in [0.15, 0.2) is 0 Å². The molecule has 1 aromatic heterocycles. The largest absolute Gasteiger partial charge is 0.445 e. The second-order valence-electron chi connectivity index (χ2n) is 6.52. The molecule has 0 fully saturated rings. The van der Waals surface area contributed by atoms with Gasteiger partial charge < -0.3 is 15.4 Å². The standard InChI is InChI=1S/C23H23N3O3/c27-22(25-16-19-11-13-24-14-12-19)21(15-18-7-3-1-4-8-18)26-23(28)29-17-20-9-5-2-6-10-20/h1-14,21H,15-17H2,(H,25,27)(H,26,28). The number of ether oxygens (including phenoxy) is 1. The Balaban J connectivity index is 1.60. The fourth-order valence-corrected chi connectivity index (χ4v) is 2.78.